The Balaban J connectivity index is 1.40. The summed E-state index contributed by atoms with van der Waals surface area (Å²) in [6, 6.07) is 10.3. The van der Waals surface area contributed by atoms with Crippen molar-refractivity contribution >= 4 is 17.4 Å². The van der Waals surface area contributed by atoms with Crippen LogP contribution in [0.5, 0.6) is 0 Å². The van der Waals surface area contributed by atoms with Crippen LogP contribution in [0, 0.1) is 0 Å². The number of nitrogens with one attached hydrogen (secondary N) is 1. The van der Waals surface area contributed by atoms with Gasteiger partial charge in [-0.3, -0.25) is 0 Å². The molecule has 0 fully saturated rings. The van der Waals surface area contributed by atoms with Crippen molar-refractivity contribution in [1.82, 2.24) is 19.8 Å². The summed E-state index contributed by atoms with van der Waals surface area (Å²) in [6.45, 7) is 3.51. The second kappa shape index (κ2) is 6.72. The Labute approximate surface area is 150 Å². The molecule has 3 aromatic rings. The molecule has 0 aliphatic carbocycles. The smallest absolute Gasteiger partial charge is 0.318 e. The van der Waals surface area contributed by atoms with Crippen LogP contribution in [0.25, 0.3) is 5.69 Å². The van der Waals surface area contributed by atoms with Gasteiger partial charge in [0.25, 0.3) is 0 Å². The van der Waals surface area contributed by atoms with Gasteiger partial charge in [-0.1, -0.05) is 12.1 Å². The van der Waals surface area contributed by atoms with Crippen molar-refractivity contribution in [2.24, 2.45) is 0 Å². The minimum Gasteiger partial charge on any atom is -0.331 e. The number of hydrogen-bond donors (Lipinski definition) is 1. The molecule has 128 valence electrons. The first-order chi connectivity index (χ1) is 12.2. The number of rotatable bonds is 3. The van der Waals surface area contributed by atoms with Crippen LogP contribution < -0.4 is 5.32 Å². The molecule has 3 heterocycles. The Morgan fingerprint density at radius 3 is 2.88 bits per heavy atom. The minimum atomic E-state index is -0.0341. The van der Waals surface area contributed by atoms with E-state index in [4.69, 9.17) is 0 Å². The normalized spacial score (nSPS) is 14.8. The fourth-order valence-electron chi connectivity index (χ4n) is 3.13. The summed E-state index contributed by atoms with van der Waals surface area (Å²) in [4.78, 5) is 19.9. The van der Waals surface area contributed by atoms with Crippen LogP contribution >= 0.6 is 11.3 Å². The lowest BCUT2D eigenvalue weighted by Crippen LogP contribution is -2.43. The van der Waals surface area contributed by atoms with E-state index in [1.165, 1.54) is 10.4 Å². The van der Waals surface area contributed by atoms with E-state index in [1.807, 2.05) is 46.9 Å². The number of aromatic nitrogens is 2. The van der Waals surface area contributed by atoms with E-state index in [0.29, 0.717) is 6.54 Å². The Bertz CT molecular complexity index is 854. The molecule has 6 heteroatoms. The van der Waals surface area contributed by atoms with Crippen molar-refractivity contribution in [1.29, 1.82) is 0 Å². The summed E-state index contributed by atoms with van der Waals surface area (Å²) in [7, 11) is 0. The summed E-state index contributed by atoms with van der Waals surface area (Å²) in [5.41, 5.74) is 3.43. The van der Waals surface area contributed by atoms with Crippen LogP contribution in [-0.4, -0.2) is 27.0 Å². The van der Waals surface area contributed by atoms with E-state index < -0.39 is 0 Å². The van der Waals surface area contributed by atoms with Crippen molar-refractivity contribution in [2.45, 2.75) is 25.9 Å². The third kappa shape index (κ3) is 3.30. The summed E-state index contributed by atoms with van der Waals surface area (Å²) in [5, 5.41) is 5.22. The van der Waals surface area contributed by atoms with Crippen LogP contribution in [0.1, 0.15) is 29.0 Å². The highest BCUT2D eigenvalue weighted by Crippen LogP contribution is 2.24. The predicted molar refractivity (Wildman–Crippen MR) is 98.9 cm³/mol. The average Bonchev–Trinajstić information content (AvgIpc) is 3.32. The van der Waals surface area contributed by atoms with Gasteiger partial charge < -0.3 is 14.8 Å². The highest BCUT2D eigenvalue weighted by Gasteiger charge is 2.22. The van der Waals surface area contributed by atoms with Crippen LogP contribution in [0.3, 0.4) is 0 Å². The van der Waals surface area contributed by atoms with Crippen LogP contribution in [0.15, 0.2) is 54.4 Å². The summed E-state index contributed by atoms with van der Waals surface area (Å²) < 4.78 is 1.96. The first-order valence-corrected chi connectivity index (χ1v) is 9.27. The van der Waals surface area contributed by atoms with E-state index in [2.05, 4.69) is 21.7 Å². The van der Waals surface area contributed by atoms with Gasteiger partial charge in [-0.05, 0) is 48.1 Å². The summed E-state index contributed by atoms with van der Waals surface area (Å²) in [5.74, 6) is 0. The Hall–Kier alpha value is -2.60. The summed E-state index contributed by atoms with van der Waals surface area (Å²) in [6.07, 6.45) is 6.40. The molecule has 0 unspecified atom stereocenters. The quantitative estimate of drug-likeness (QED) is 0.780. The SMILES string of the molecule is C[C@H](NC(=O)N1CCc2sccc2C1)c1ccc(-n2ccnc2)cc1. The molecule has 1 aromatic carbocycles. The predicted octanol–water partition coefficient (Wildman–Crippen LogP) is 3.76. The minimum absolute atomic E-state index is 0.00281. The molecular weight excluding hydrogens is 332 g/mol. The highest BCUT2D eigenvalue weighted by molar-refractivity contribution is 7.10. The van der Waals surface area contributed by atoms with Crippen molar-refractivity contribution in [2.75, 3.05) is 6.54 Å². The number of fused-ring (bicyclic) bond motifs is 1. The van der Waals surface area contributed by atoms with Gasteiger partial charge in [0.1, 0.15) is 0 Å². The van der Waals surface area contributed by atoms with E-state index in [0.717, 1.165) is 24.2 Å². The zero-order valence-electron chi connectivity index (χ0n) is 14.1. The van der Waals surface area contributed by atoms with Crippen molar-refractivity contribution < 1.29 is 4.79 Å². The van der Waals surface area contributed by atoms with Gasteiger partial charge >= 0.3 is 6.03 Å². The van der Waals surface area contributed by atoms with E-state index in [-0.39, 0.29) is 12.1 Å². The zero-order chi connectivity index (χ0) is 17.2. The molecule has 4 rings (SSSR count). The number of benzene rings is 1. The van der Waals surface area contributed by atoms with Gasteiger partial charge in [-0.25, -0.2) is 9.78 Å². The van der Waals surface area contributed by atoms with Gasteiger partial charge in [-0.2, -0.15) is 0 Å². The van der Waals surface area contributed by atoms with Gasteiger partial charge in [0, 0.05) is 36.0 Å². The van der Waals surface area contributed by atoms with Crippen LogP contribution in [-0.2, 0) is 13.0 Å². The van der Waals surface area contributed by atoms with Crippen molar-refractivity contribution in [3.05, 3.63) is 70.4 Å². The molecule has 5 nitrogen and oxygen atoms in total. The Morgan fingerprint density at radius 2 is 2.12 bits per heavy atom. The molecule has 1 aliphatic heterocycles. The topological polar surface area (TPSA) is 50.2 Å². The van der Waals surface area contributed by atoms with Gasteiger partial charge in [0.2, 0.25) is 0 Å². The molecule has 0 spiro atoms. The number of urea groups is 1. The zero-order valence-corrected chi connectivity index (χ0v) is 14.9. The molecule has 0 saturated heterocycles. The Kier molecular flexibility index (Phi) is 4.28. The number of carbonyl (C=O) groups excluding carboxylic acids is 1. The first kappa shape index (κ1) is 15.9. The number of amides is 2. The van der Waals surface area contributed by atoms with E-state index in [1.54, 1.807) is 23.9 Å². The highest BCUT2D eigenvalue weighted by atomic mass is 32.1. The van der Waals surface area contributed by atoms with Crippen LogP contribution in [0.4, 0.5) is 4.79 Å². The molecule has 0 radical (unpaired) electrons. The lowest BCUT2D eigenvalue weighted by atomic mass is 10.1. The number of carbonyl (C=O) groups is 1. The third-order valence-corrected chi connectivity index (χ3v) is 5.65. The molecule has 2 aromatic heterocycles. The molecule has 0 saturated carbocycles. The van der Waals surface area contributed by atoms with Gasteiger partial charge in [-0.15, -0.1) is 11.3 Å². The van der Waals surface area contributed by atoms with Crippen molar-refractivity contribution in [3.8, 4) is 5.69 Å². The standard InChI is InChI=1S/C19H20N4OS/c1-14(15-2-4-17(5-3-15)23-10-8-20-13-23)21-19(24)22-9-6-18-16(12-22)7-11-25-18/h2-5,7-8,10-11,13-14H,6,9,12H2,1H3,(H,21,24)/t14-/m0/s1. The van der Waals surface area contributed by atoms with Gasteiger partial charge in [0.15, 0.2) is 0 Å². The lowest BCUT2D eigenvalue weighted by molar-refractivity contribution is 0.189. The maximum Gasteiger partial charge on any atom is 0.318 e. The fourth-order valence-corrected chi connectivity index (χ4v) is 4.02. The molecular formula is C19H20N4OS. The maximum atomic E-state index is 12.6. The van der Waals surface area contributed by atoms with E-state index >= 15 is 0 Å². The largest absolute Gasteiger partial charge is 0.331 e. The first-order valence-electron chi connectivity index (χ1n) is 8.39. The molecule has 1 atom stereocenters. The fraction of sp³-hybridized carbons (Fsp3) is 0.263. The monoisotopic (exact) mass is 352 g/mol. The van der Waals surface area contributed by atoms with Gasteiger partial charge in [0.05, 0.1) is 12.4 Å². The molecule has 2 amide bonds. The lowest BCUT2D eigenvalue weighted by Gasteiger charge is -2.28. The third-order valence-electron chi connectivity index (χ3n) is 4.63. The molecule has 25 heavy (non-hydrogen) atoms. The van der Waals surface area contributed by atoms with E-state index in [9.17, 15) is 4.79 Å². The summed E-state index contributed by atoms with van der Waals surface area (Å²) >= 11 is 1.79. The second-order valence-corrected chi connectivity index (χ2v) is 7.27. The number of thiophene rings is 1. The average molecular weight is 352 g/mol. The number of hydrogen-bond acceptors (Lipinski definition) is 3. The van der Waals surface area contributed by atoms with Crippen molar-refractivity contribution in [3.63, 3.8) is 0 Å². The molecule has 1 aliphatic rings. The Morgan fingerprint density at radius 1 is 1.28 bits per heavy atom. The van der Waals surface area contributed by atoms with Crippen LogP contribution in [0.2, 0.25) is 0 Å². The molecule has 1 N–H and O–H groups in total. The second-order valence-electron chi connectivity index (χ2n) is 6.27. The molecule has 0 bridgehead atoms. The number of nitrogens with zero attached hydrogens (tertiary/aromatic N) is 3. The maximum absolute atomic E-state index is 12.6. The number of imidazole rings is 1.